The molecule has 0 aliphatic carbocycles. The Hall–Kier alpha value is -1.98. The second-order valence-electron chi connectivity index (χ2n) is 20.8. The second-order valence-corrected chi connectivity index (χ2v) is 20.8. The van der Waals surface area contributed by atoms with E-state index >= 15 is 0 Å². The van der Waals surface area contributed by atoms with E-state index in [1.54, 1.807) is 0 Å². The molecule has 0 bridgehead atoms. The molecular weight excluding hydrogens is 697 g/mol. The van der Waals surface area contributed by atoms with E-state index in [4.69, 9.17) is 0 Å². The first-order chi connectivity index (χ1) is 26.6. The van der Waals surface area contributed by atoms with Crippen LogP contribution in [0.4, 0.5) is 0 Å². The summed E-state index contributed by atoms with van der Waals surface area (Å²) in [6.45, 7) is 42.2. The summed E-state index contributed by atoms with van der Waals surface area (Å²) in [5.74, 6) is 4.05. The Morgan fingerprint density at radius 2 is 0.825 bits per heavy atom. The van der Waals surface area contributed by atoms with E-state index in [-0.39, 0.29) is 5.54 Å². The van der Waals surface area contributed by atoms with Crippen LogP contribution in [0.15, 0.2) is 30.0 Å². The van der Waals surface area contributed by atoms with Gasteiger partial charge < -0.3 is 0 Å². The largest absolute Gasteiger partial charge is 0.294 e. The monoisotopic (exact) mass is 793 g/mol. The smallest absolute Gasteiger partial charge is 0.0555 e. The van der Waals surface area contributed by atoms with Crippen LogP contribution in [0.1, 0.15) is 214 Å². The summed E-state index contributed by atoms with van der Waals surface area (Å²) in [5.41, 5.74) is 9.23. The third-order valence-electron chi connectivity index (χ3n) is 11.9. The fourth-order valence-electron chi connectivity index (χ4n) is 7.56. The molecule has 0 N–H and O–H groups in total. The van der Waals surface area contributed by atoms with Crippen molar-refractivity contribution in [3.8, 4) is 0 Å². The maximum Gasteiger partial charge on any atom is 0.0555 e. The van der Waals surface area contributed by atoms with E-state index in [9.17, 15) is 0 Å². The van der Waals surface area contributed by atoms with Crippen molar-refractivity contribution in [2.75, 3.05) is 26.2 Å². The van der Waals surface area contributed by atoms with Crippen molar-refractivity contribution >= 4 is 34.3 Å². The second kappa shape index (κ2) is 27.7. The molecule has 0 radical (unpaired) electrons. The van der Waals surface area contributed by atoms with Gasteiger partial charge in [0.25, 0.3) is 0 Å². The summed E-state index contributed by atoms with van der Waals surface area (Å²) < 4.78 is 0. The Morgan fingerprint density at radius 3 is 1.14 bits per heavy atom. The zero-order valence-corrected chi connectivity index (χ0v) is 41.2. The van der Waals surface area contributed by atoms with E-state index in [0.717, 1.165) is 26.2 Å². The molecule has 6 heterocycles. The van der Waals surface area contributed by atoms with Crippen LogP contribution in [0.5, 0.6) is 0 Å². The zero-order chi connectivity index (χ0) is 43.2. The standard InChI is InChI=1S/C10H19N.2C9H17N.2C8H15N.C7H13N/c1-8(2)9-5-6-10(3,4)7-11-9;1-7(2)8-5-6-9(3,4)10-8;1-8(2)9-6-4-3-5-7-10-9;1-6(2)8-5-4-7(3)9-8;1-7(2)8-5-3-4-6-9-8;1-6(2)7-4-3-5-8-7/h8H,5-7H2,1-4H3;7H,5-6H2,1-4H3;8H,3-7H2,1-2H3;6-7H,4-5H2,1-3H3;7H,3-6H2,1-2H3;6H,3-5H2,1-2H3. The highest BCUT2D eigenvalue weighted by Gasteiger charge is 2.25. The van der Waals surface area contributed by atoms with Crippen molar-refractivity contribution in [2.24, 2.45) is 70.9 Å². The molecule has 330 valence electrons. The van der Waals surface area contributed by atoms with E-state index in [0.29, 0.717) is 47.0 Å². The van der Waals surface area contributed by atoms with Crippen LogP contribution >= 0.6 is 0 Å². The summed E-state index contributed by atoms with van der Waals surface area (Å²) >= 11 is 0. The van der Waals surface area contributed by atoms with Crippen LogP contribution in [0.2, 0.25) is 0 Å². The number of rotatable bonds is 6. The summed E-state index contributed by atoms with van der Waals surface area (Å²) in [5, 5.41) is 0. The maximum absolute atomic E-state index is 4.64. The van der Waals surface area contributed by atoms with Crippen LogP contribution in [0.3, 0.4) is 0 Å². The fraction of sp³-hybridized carbons (Fsp3) is 0.882. The molecule has 6 heteroatoms. The minimum Gasteiger partial charge on any atom is -0.294 e. The summed E-state index contributed by atoms with van der Waals surface area (Å²) in [6, 6.07) is 0.599. The minimum absolute atomic E-state index is 0.236. The van der Waals surface area contributed by atoms with Gasteiger partial charge in [-0.3, -0.25) is 30.0 Å². The number of hydrogen-bond donors (Lipinski definition) is 0. The lowest BCUT2D eigenvalue weighted by Crippen LogP contribution is -2.25. The van der Waals surface area contributed by atoms with Gasteiger partial charge in [0, 0.05) is 66.5 Å². The normalized spacial score (nSPS) is 22.5. The summed E-state index contributed by atoms with van der Waals surface area (Å²) in [7, 11) is 0. The van der Waals surface area contributed by atoms with Crippen LogP contribution < -0.4 is 0 Å². The first-order valence-electron chi connectivity index (χ1n) is 23.9. The van der Waals surface area contributed by atoms with Crippen LogP contribution in [0, 0.1) is 40.9 Å². The third-order valence-corrected chi connectivity index (χ3v) is 11.9. The predicted molar refractivity (Wildman–Crippen MR) is 260 cm³/mol. The van der Waals surface area contributed by atoms with Gasteiger partial charge in [-0.25, -0.2) is 0 Å². The molecule has 0 spiro atoms. The number of nitrogens with zero attached hydrogens (tertiary/aromatic N) is 6. The Balaban J connectivity index is 0.000000343. The molecule has 57 heavy (non-hydrogen) atoms. The fourth-order valence-corrected chi connectivity index (χ4v) is 7.56. The highest BCUT2D eigenvalue weighted by atomic mass is 14.9. The summed E-state index contributed by atoms with van der Waals surface area (Å²) in [6.07, 6.45) is 19.2. The van der Waals surface area contributed by atoms with Gasteiger partial charge in [0.1, 0.15) is 0 Å². The van der Waals surface area contributed by atoms with Crippen molar-refractivity contribution in [1.29, 1.82) is 0 Å². The Morgan fingerprint density at radius 1 is 0.421 bits per heavy atom. The van der Waals surface area contributed by atoms with E-state index in [2.05, 4.69) is 148 Å². The van der Waals surface area contributed by atoms with Crippen molar-refractivity contribution in [2.45, 2.75) is 226 Å². The Bertz CT molecular complexity index is 1290. The van der Waals surface area contributed by atoms with E-state index < -0.39 is 0 Å². The number of hydrogen-bond acceptors (Lipinski definition) is 6. The van der Waals surface area contributed by atoms with Gasteiger partial charge in [0.05, 0.1) is 5.54 Å². The first-order valence-corrected chi connectivity index (χ1v) is 23.9. The molecule has 0 aromatic heterocycles. The van der Waals surface area contributed by atoms with Gasteiger partial charge in [0.2, 0.25) is 0 Å². The molecule has 0 saturated heterocycles. The molecule has 0 fully saturated rings. The molecule has 1 unspecified atom stereocenters. The van der Waals surface area contributed by atoms with Gasteiger partial charge in [-0.15, -0.1) is 0 Å². The molecule has 1 atom stereocenters. The molecule has 6 aliphatic rings. The predicted octanol–water partition coefficient (Wildman–Crippen LogP) is 14.6. The SMILES string of the molecule is CC(C)C1=NC(C)(C)CC1.CC(C)C1=NCC(C)(C)CC1.CC(C)C1=NCCC1.CC(C)C1=NCCCC1.CC(C)C1=NCCCCC1.CC1CCC(C(C)C)=N1. The molecular formula is C51H96N6. The van der Waals surface area contributed by atoms with Gasteiger partial charge in [-0.2, -0.15) is 0 Å². The number of aliphatic imine (C=N–C) groups is 6. The molecule has 0 amide bonds. The molecule has 6 aliphatic heterocycles. The van der Waals surface area contributed by atoms with Gasteiger partial charge in [0.15, 0.2) is 0 Å². The third kappa shape index (κ3) is 24.0. The van der Waals surface area contributed by atoms with Crippen molar-refractivity contribution in [3.63, 3.8) is 0 Å². The van der Waals surface area contributed by atoms with Crippen molar-refractivity contribution in [3.05, 3.63) is 0 Å². The van der Waals surface area contributed by atoms with Crippen molar-refractivity contribution in [1.82, 2.24) is 0 Å². The molecule has 6 rings (SSSR count). The molecule has 0 aromatic carbocycles. The Kier molecular flexibility index (Phi) is 25.8. The van der Waals surface area contributed by atoms with E-state index in [1.807, 2.05) is 0 Å². The molecule has 0 saturated carbocycles. The van der Waals surface area contributed by atoms with E-state index in [1.165, 1.54) is 131 Å². The highest BCUT2D eigenvalue weighted by molar-refractivity contribution is 5.89. The zero-order valence-electron chi connectivity index (χ0n) is 41.2. The average Bonchev–Trinajstić information content (AvgIpc) is 3.88. The minimum atomic E-state index is 0.236. The van der Waals surface area contributed by atoms with Crippen LogP contribution in [0.25, 0.3) is 0 Å². The summed E-state index contributed by atoms with van der Waals surface area (Å²) in [4.78, 5) is 27.1. The Labute approximate surface area is 355 Å². The maximum atomic E-state index is 4.64. The first kappa shape index (κ1) is 53.0. The van der Waals surface area contributed by atoms with Gasteiger partial charge in [-0.05, 0) is 152 Å². The van der Waals surface area contributed by atoms with Crippen molar-refractivity contribution < 1.29 is 0 Å². The lowest BCUT2D eigenvalue weighted by Gasteiger charge is -2.28. The van der Waals surface area contributed by atoms with Crippen LogP contribution in [-0.4, -0.2) is 72.0 Å². The van der Waals surface area contributed by atoms with Gasteiger partial charge >= 0.3 is 0 Å². The topological polar surface area (TPSA) is 74.2 Å². The van der Waals surface area contributed by atoms with Crippen LogP contribution in [-0.2, 0) is 0 Å². The lowest BCUT2D eigenvalue weighted by atomic mass is 9.83. The average molecular weight is 793 g/mol. The quantitative estimate of drug-likeness (QED) is 0.257. The highest BCUT2D eigenvalue weighted by Crippen LogP contribution is 2.29. The molecule has 0 aromatic rings. The molecule has 6 nitrogen and oxygen atoms in total. The van der Waals surface area contributed by atoms with Gasteiger partial charge in [-0.1, -0.05) is 103 Å². The lowest BCUT2D eigenvalue weighted by molar-refractivity contribution is 0.339.